The van der Waals surface area contributed by atoms with Crippen LogP contribution in [-0.2, 0) is 14.2 Å². The van der Waals surface area contributed by atoms with Crippen molar-refractivity contribution in [3.05, 3.63) is 29.7 Å². The van der Waals surface area contributed by atoms with E-state index in [1.54, 1.807) is 33.0 Å². The van der Waals surface area contributed by atoms with E-state index in [1.807, 2.05) is 0 Å². The number of hydrogen-bond donors (Lipinski definition) is 2. The average molecular weight is 461 g/mol. The van der Waals surface area contributed by atoms with Crippen molar-refractivity contribution in [2.45, 2.75) is 64.1 Å². The van der Waals surface area contributed by atoms with Crippen molar-refractivity contribution >= 4 is 11.7 Å². The van der Waals surface area contributed by atoms with E-state index in [9.17, 15) is 18.0 Å². The molecule has 180 valence electrons. The molecule has 0 unspecified atom stereocenters. The molecule has 12 heteroatoms. The lowest BCUT2D eigenvalue weighted by molar-refractivity contribution is -0.265. The molecule has 2 atom stereocenters. The number of rotatable bonds is 8. The maximum Gasteiger partial charge on any atom is 0.416 e. The highest BCUT2D eigenvalue weighted by Gasteiger charge is 2.49. The topological polar surface area (TPSA) is 113 Å². The molecule has 0 radical (unpaired) electrons. The molecule has 0 spiro atoms. The maximum absolute atomic E-state index is 13.2. The van der Waals surface area contributed by atoms with Crippen LogP contribution in [0.15, 0.2) is 18.5 Å². The number of amides is 1. The van der Waals surface area contributed by atoms with Crippen LogP contribution in [0.2, 0.25) is 0 Å². The highest BCUT2D eigenvalue weighted by molar-refractivity contribution is 5.68. The first-order valence-corrected chi connectivity index (χ1v) is 9.93. The maximum atomic E-state index is 13.2. The number of carbonyl (C=O) groups is 1. The minimum atomic E-state index is -4.60. The third-order valence-electron chi connectivity index (χ3n) is 4.48. The molecule has 32 heavy (non-hydrogen) atoms. The fourth-order valence-electron chi connectivity index (χ4n) is 2.58. The Hall–Kier alpha value is -2.44. The molecule has 2 aromatic rings. The van der Waals surface area contributed by atoms with Gasteiger partial charge in [-0.1, -0.05) is 0 Å². The summed E-state index contributed by atoms with van der Waals surface area (Å²) in [6.45, 7) is 6.61. The molecule has 9 nitrogen and oxygen atoms in total. The van der Waals surface area contributed by atoms with Gasteiger partial charge in [0.1, 0.15) is 5.60 Å². The Morgan fingerprint density at radius 1 is 1.22 bits per heavy atom. The second-order valence-corrected chi connectivity index (χ2v) is 8.84. The largest absolute Gasteiger partial charge is 0.444 e. The van der Waals surface area contributed by atoms with E-state index in [0.29, 0.717) is 11.2 Å². The summed E-state index contributed by atoms with van der Waals surface area (Å²) in [4.78, 5) is 16.7. The molecule has 2 rings (SSSR count). The van der Waals surface area contributed by atoms with Gasteiger partial charge in [0, 0.05) is 7.11 Å². The van der Waals surface area contributed by atoms with Gasteiger partial charge >= 0.3 is 12.3 Å². The van der Waals surface area contributed by atoms with E-state index in [1.165, 1.54) is 17.8 Å². The lowest BCUT2D eigenvalue weighted by atomic mass is 10.1. The molecule has 0 saturated carbocycles. The van der Waals surface area contributed by atoms with Gasteiger partial charge in [0.05, 0.1) is 43.4 Å². The third kappa shape index (κ3) is 6.78. The van der Waals surface area contributed by atoms with Crippen LogP contribution < -0.4 is 11.1 Å². The van der Waals surface area contributed by atoms with E-state index < -0.39 is 42.2 Å². The van der Waals surface area contributed by atoms with Crippen molar-refractivity contribution in [3.63, 3.8) is 0 Å². The molecule has 2 heterocycles. The smallest absolute Gasteiger partial charge is 0.416 e. The Kier molecular flexibility index (Phi) is 7.74. The Balaban J connectivity index is 2.32. The molecule has 0 bridgehead atoms. The van der Waals surface area contributed by atoms with E-state index in [4.69, 9.17) is 19.9 Å². The normalized spacial score (nSPS) is 14.9. The van der Waals surface area contributed by atoms with Crippen LogP contribution in [0.3, 0.4) is 0 Å². The van der Waals surface area contributed by atoms with Crippen LogP contribution in [0, 0.1) is 0 Å². The lowest BCUT2D eigenvalue weighted by Crippen LogP contribution is -2.44. The predicted octanol–water partition coefficient (Wildman–Crippen LogP) is 3.30. The number of fused-ring (bicyclic) bond motifs is 1. The molecule has 0 saturated heterocycles. The van der Waals surface area contributed by atoms with Gasteiger partial charge in [-0.05, 0) is 46.2 Å². The zero-order valence-corrected chi connectivity index (χ0v) is 19.0. The summed E-state index contributed by atoms with van der Waals surface area (Å²) in [5, 5.41) is 6.76. The monoisotopic (exact) mass is 461 g/mol. The molecule has 0 aliphatic heterocycles. The molecule has 2 aromatic heterocycles. The number of alkyl carbamates (subject to hydrolysis) is 1. The van der Waals surface area contributed by atoms with Crippen molar-refractivity contribution in [3.8, 4) is 0 Å². The van der Waals surface area contributed by atoms with Crippen LogP contribution in [-0.4, -0.2) is 58.4 Å². The lowest BCUT2D eigenvalue weighted by Gasteiger charge is -2.30. The molecule has 0 aliphatic carbocycles. The number of nitrogens with one attached hydrogen (secondary N) is 1. The van der Waals surface area contributed by atoms with E-state index in [0.717, 1.165) is 13.8 Å². The molecule has 0 aliphatic rings. The van der Waals surface area contributed by atoms with E-state index >= 15 is 0 Å². The minimum absolute atomic E-state index is 0.249. The van der Waals surface area contributed by atoms with Crippen molar-refractivity contribution < 1.29 is 32.2 Å². The first kappa shape index (κ1) is 25.8. The standard InChI is InChI=1S/C20H30F3N5O4/c1-18(2,3)32-17(29)27-15(11-31-19(4,5)20(21,22)23)14-9-28-16(26-14)7-12(8-25-28)13(24)10-30-6/h7-9,13,15H,10-11,24H2,1-6H3,(H,27,29)/t13-,15+/m1/s1. The number of carbonyl (C=O) groups excluding carboxylic acids is 1. The summed E-state index contributed by atoms with van der Waals surface area (Å²) in [5.41, 5.74) is 4.11. The zero-order chi connectivity index (χ0) is 24.3. The molecule has 0 aromatic carbocycles. The van der Waals surface area contributed by atoms with Gasteiger partial charge in [-0.3, -0.25) is 0 Å². The third-order valence-corrected chi connectivity index (χ3v) is 4.48. The van der Waals surface area contributed by atoms with Crippen molar-refractivity contribution in [2.24, 2.45) is 5.73 Å². The number of nitrogens with two attached hydrogens (primary N) is 1. The Morgan fingerprint density at radius 2 is 1.88 bits per heavy atom. The molecule has 0 fully saturated rings. The van der Waals surface area contributed by atoms with Gasteiger partial charge in [0.15, 0.2) is 11.2 Å². The average Bonchev–Trinajstić information content (AvgIpc) is 3.06. The van der Waals surface area contributed by atoms with Crippen molar-refractivity contribution in [1.82, 2.24) is 19.9 Å². The Morgan fingerprint density at radius 3 is 2.44 bits per heavy atom. The highest BCUT2D eigenvalue weighted by Crippen LogP contribution is 2.33. The Labute approximate surface area is 184 Å². The van der Waals surface area contributed by atoms with Gasteiger partial charge in [-0.25, -0.2) is 14.3 Å². The number of ether oxygens (including phenoxy) is 3. The number of nitrogens with zero attached hydrogens (tertiary/aromatic N) is 3. The summed E-state index contributed by atoms with van der Waals surface area (Å²) in [6, 6.07) is 0.235. The number of imidazole rings is 1. The highest BCUT2D eigenvalue weighted by atomic mass is 19.4. The molecule has 1 amide bonds. The van der Waals surface area contributed by atoms with Crippen LogP contribution in [0.1, 0.15) is 58.0 Å². The number of halogens is 3. The fourth-order valence-corrected chi connectivity index (χ4v) is 2.58. The van der Waals surface area contributed by atoms with E-state index in [-0.39, 0.29) is 12.3 Å². The quantitative estimate of drug-likeness (QED) is 0.620. The SMILES string of the molecule is COC[C@@H](N)c1cnn2cc([C@H](COC(C)(C)C(F)(F)F)NC(=O)OC(C)(C)C)nc2c1. The number of aromatic nitrogens is 3. The summed E-state index contributed by atoms with van der Waals surface area (Å²) in [7, 11) is 1.52. The number of hydrogen-bond acceptors (Lipinski definition) is 7. The van der Waals surface area contributed by atoms with Crippen LogP contribution in [0.25, 0.3) is 5.65 Å². The van der Waals surface area contributed by atoms with Gasteiger partial charge in [0.2, 0.25) is 0 Å². The van der Waals surface area contributed by atoms with Crippen molar-refractivity contribution in [1.29, 1.82) is 0 Å². The number of methoxy groups -OCH3 is 1. The first-order valence-electron chi connectivity index (χ1n) is 9.93. The first-order chi connectivity index (χ1) is 14.6. The number of alkyl halides is 3. The Bertz CT molecular complexity index is 924. The van der Waals surface area contributed by atoms with Crippen molar-refractivity contribution in [2.75, 3.05) is 20.3 Å². The van der Waals surface area contributed by atoms with Gasteiger partial charge in [-0.2, -0.15) is 18.3 Å². The minimum Gasteiger partial charge on any atom is -0.444 e. The molecule has 3 N–H and O–H groups in total. The van der Waals surface area contributed by atoms with Crippen LogP contribution >= 0.6 is 0 Å². The second kappa shape index (κ2) is 9.59. The summed E-state index contributed by atoms with van der Waals surface area (Å²) >= 11 is 0. The van der Waals surface area contributed by atoms with Crippen LogP contribution in [0.4, 0.5) is 18.0 Å². The van der Waals surface area contributed by atoms with Gasteiger partial charge in [0.25, 0.3) is 0 Å². The summed E-state index contributed by atoms with van der Waals surface area (Å²) in [6.07, 6.45) is -2.38. The predicted molar refractivity (Wildman–Crippen MR) is 110 cm³/mol. The van der Waals surface area contributed by atoms with Gasteiger partial charge < -0.3 is 25.3 Å². The van der Waals surface area contributed by atoms with Crippen LogP contribution in [0.5, 0.6) is 0 Å². The summed E-state index contributed by atoms with van der Waals surface area (Å²) < 4.78 is 56.5. The fraction of sp³-hybridized carbons (Fsp3) is 0.650. The zero-order valence-electron chi connectivity index (χ0n) is 19.0. The molecular weight excluding hydrogens is 431 g/mol. The van der Waals surface area contributed by atoms with E-state index in [2.05, 4.69) is 15.4 Å². The van der Waals surface area contributed by atoms with Gasteiger partial charge in [-0.15, -0.1) is 0 Å². The summed E-state index contributed by atoms with van der Waals surface area (Å²) in [5.74, 6) is 0. The second-order valence-electron chi connectivity index (χ2n) is 8.84. The molecular formula is C20H30F3N5O4.